The molecule has 4 aromatic rings. The van der Waals surface area contributed by atoms with Crippen LogP contribution in [0.3, 0.4) is 0 Å². The van der Waals surface area contributed by atoms with Gasteiger partial charge in [-0.05, 0) is 24.3 Å². The van der Waals surface area contributed by atoms with Gasteiger partial charge in [-0.2, -0.15) is 0 Å². The smallest absolute Gasteiger partial charge is 0.250 e. The van der Waals surface area contributed by atoms with Crippen LogP contribution in [-0.2, 0) is 19.2 Å². The predicted molar refractivity (Wildman–Crippen MR) is 133 cm³/mol. The molecule has 2 heterocycles. The Morgan fingerprint density at radius 3 is 1.31 bits per heavy atom. The molecule has 6 rings (SSSR count). The van der Waals surface area contributed by atoms with Gasteiger partial charge in [0.25, 0.3) is 11.8 Å². The number of nitrogens with zero attached hydrogens (tertiary/aromatic N) is 2. The third-order valence-corrected chi connectivity index (χ3v) is 6.98. The molecular formula is C27H20N4O4. The molecule has 0 unspecified atom stereocenters. The number of imide groups is 2. The van der Waals surface area contributed by atoms with Crippen LogP contribution < -0.4 is 21.3 Å². The fraction of sp³-hybridized carbons (Fsp3) is 0.111. The van der Waals surface area contributed by atoms with Crippen molar-refractivity contribution in [3.63, 3.8) is 0 Å². The lowest BCUT2D eigenvalue weighted by Crippen LogP contribution is -2.42. The molecule has 8 heteroatoms. The largest absolute Gasteiger partial charge is 0.398 e. The van der Waals surface area contributed by atoms with Crippen LogP contribution in [-0.4, -0.2) is 23.6 Å². The minimum atomic E-state index is -1.78. The van der Waals surface area contributed by atoms with Crippen molar-refractivity contribution in [2.45, 2.75) is 12.8 Å². The maximum absolute atomic E-state index is 13.8. The van der Waals surface area contributed by atoms with E-state index in [1.54, 1.807) is 60.7 Å². The molecule has 0 atom stereocenters. The van der Waals surface area contributed by atoms with Gasteiger partial charge in [0.05, 0.1) is 24.2 Å². The van der Waals surface area contributed by atoms with Crippen LogP contribution in [0.2, 0.25) is 0 Å². The van der Waals surface area contributed by atoms with Crippen LogP contribution in [0.4, 0.5) is 22.7 Å². The maximum atomic E-state index is 13.8. The number of anilines is 4. The Bertz CT molecular complexity index is 1510. The van der Waals surface area contributed by atoms with Crippen molar-refractivity contribution in [3.8, 4) is 0 Å². The molecule has 172 valence electrons. The van der Waals surface area contributed by atoms with Crippen molar-refractivity contribution < 1.29 is 19.2 Å². The van der Waals surface area contributed by atoms with E-state index in [2.05, 4.69) is 0 Å². The number of nitrogens with two attached hydrogens (primary N) is 2. The molecule has 4 aromatic carbocycles. The summed E-state index contributed by atoms with van der Waals surface area (Å²) in [4.78, 5) is 56.0. The first kappa shape index (κ1) is 20.9. The summed E-state index contributed by atoms with van der Waals surface area (Å²) in [5.41, 5.74) is 12.1. The number of benzene rings is 4. The Labute approximate surface area is 199 Å². The van der Waals surface area contributed by atoms with E-state index in [0.717, 1.165) is 9.80 Å². The Kier molecular flexibility index (Phi) is 4.25. The lowest BCUT2D eigenvalue weighted by Gasteiger charge is -2.22. The number of amides is 4. The standard InChI is InChI=1S/C27H20N4O4/c28-19-9-11-21(17-7-3-1-5-15(17)19)30-23(32)13-27(25(30)34)14-24(33)31(26(27)35)22-12-10-20(29)16-6-2-4-8-18(16)22/h1-12H,13-14,28-29H2. The molecule has 35 heavy (non-hydrogen) atoms. The van der Waals surface area contributed by atoms with Crippen LogP contribution in [0, 0.1) is 5.41 Å². The summed E-state index contributed by atoms with van der Waals surface area (Å²) >= 11 is 0. The lowest BCUT2D eigenvalue weighted by molar-refractivity contribution is -0.136. The quantitative estimate of drug-likeness (QED) is 0.266. The zero-order chi connectivity index (χ0) is 24.5. The highest BCUT2D eigenvalue weighted by molar-refractivity contribution is 6.39. The van der Waals surface area contributed by atoms with Gasteiger partial charge in [-0.25, -0.2) is 9.80 Å². The molecule has 2 aliphatic rings. The van der Waals surface area contributed by atoms with Crippen molar-refractivity contribution >= 4 is 67.9 Å². The zero-order valence-corrected chi connectivity index (χ0v) is 18.5. The first-order chi connectivity index (χ1) is 16.8. The third kappa shape index (κ3) is 2.73. The molecule has 0 aliphatic carbocycles. The summed E-state index contributed by atoms with van der Waals surface area (Å²) in [6, 6.07) is 20.8. The van der Waals surface area contributed by atoms with E-state index in [4.69, 9.17) is 11.5 Å². The fourth-order valence-electron chi connectivity index (χ4n) is 5.28. The van der Waals surface area contributed by atoms with E-state index in [1.165, 1.54) is 0 Å². The molecule has 2 saturated heterocycles. The Morgan fingerprint density at radius 1 is 0.543 bits per heavy atom. The summed E-state index contributed by atoms with van der Waals surface area (Å²) in [7, 11) is 0. The number of hydrogen-bond donors (Lipinski definition) is 2. The second-order valence-electron chi connectivity index (χ2n) is 8.94. The highest BCUT2D eigenvalue weighted by Gasteiger charge is 2.64. The van der Waals surface area contributed by atoms with Gasteiger partial charge >= 0.3 is 0 Å². The molecular weight excluding hydrogens is 444 g/mol. The van der Waals surface area contributed by atoms with Crippen molar-refractivity contribution in [2.75, 3.05) is 21.3 Å². The predicted octanol–water partition coefficient (Wildman–Crippen LogP) is 3.37. The zero-order valence-electron chi connectivity index (χ0n) is 18.5. The Balaban J connectivity index is 1.46. The molecule has 0 saturated carbocycles. The van der Waals surface area contributed by atoms with Gasteiger partial charge in [0.2, 0.25) is 11.8 Å². The van der Waals surface area contributed by atoms with E-state index in [0.29, 0.717) is 44.3 Å². The van der Waals surface area contributed by atoms with Gasteiger partial charge < -0.3 is 11.5 Å². The summed E-state index contributed by atoms with van der Waals surface area (Å²) in [6.45, 7) is 0. The van der Waals surface area contributed by atoms with E-state index in [1.807, 2.05) is 12.1 Å². The van der Waals surface area contributed by atoms with E-state index in [9.17, 15) is 19.2 Å². The van der Waals surface area contributed by atoms with Crippen molar-refractivity contribution in [2.24, 2.45) is 5.41 Å². The molecule has 0 bridgehead atoms. The molecule has 8 nitrogen and oxygen atoms in total. The van der Waals surface area contributed by atoms with E-state index < -0.39 is 29.0 Å². The summed E-state index contributed by atoms with van der Waals surface area (Å²) < 4.78 is 0. The summed E-state index contributed by atoms with van der Waals surface area (Å²) in [6.07, 6.45) is -0.753. The number of fused-ring (bicyclic) bond motifs is 2. The molecule has 0 radical (unpaired) electrons. The van der Waals surface area contributed by atoms with E-state index in [-0.39, 0.29) is 12.8 Å². The van der Waals surface area contributed by atoms with Gasteiger partial charge in [-0.1, -0.05) is 48.5 Å². The highest BCUT2D eigenvalue weighted by atomic mass is 16.2. The lowest BCUT2D eigenvalue weighted by atomic mass is 9.84. The molecule has 2 fully saturated rings. The number of carbonyl (C=O) groups is 4. The fourth-order valence-corrected chi connectivity index (χ4v) is 5.28. The highest BCUT2D eigenvalue weighted by Crippen LogP contribution is 2.48. The average molecular weight is 464 g/mol. The van der Waals surface area contributed by atoms with Gasteiger partial charge in [-0.15, -0.1) is 0 Å². The first-order valence-electron chi connectivity index (χ1n) is 11.1. The first-order valence-corrected chi connectivity index (χ1v) is 11.1. The van der Waals surface area contributed by atoms with Crippen LogP contribution in [0.25, 0.3) is 21.5 Å². The Morgan fingerprint density at radius 2 is 0.914 bits per heavy atom. The average Bonchev–Trinajstić information content (AvgIpc) is 3.25. The number of hydrogen-bond acceptors (Lipinski definition) is 6. The van der Waals surface area contributed by atoms with Crippen LogP contribution >= 0.6 is 0 Å². The minimum Gasteiger partial charge on any atom is -0.398 e. The third-order valence-electron chi connectivity index (χ3n) is 6.98. The molecule has 2 aliphatic heterocycles. The van der Waals surface area contributed by atoms with Crippen molar-refractivity contribution in [1.82, 2.24) is 0 Å². The van der Waals surface area contributed by atoms with E-state index >= 15 is 0 Å². The van der Waals surface area contributed by atoms with Crippen molar-refractivity contribution in [1.29, 1.82) is 0 Å². The molecule has 4 amide bonds. The number of nitrogen functional groups attached to an aromatic ring is 2. The summed E-state index contributed by atoms with van der Waals surface area (Å²) in [5.74, 6) is -2.46. The summed E-state index contributed by atoms with van der Waals surface area (Å²) in [5, 5.41) is 2.61. The molecule has 4 N–H and O–H groups in total. The van der Waals surface area contributed by atoms with Gasteiger partial charge in [0.1, 0.15) is 5.41 Å². The monoisotopic (exact) mass is 464 g/mol. The molecule has 0 aromatic heterocycles. The minimum absolute atomic E-state index is 0.346. The second kappa shape index (κ2) is 7.14. The second-order valence-corrected chi connectivity index (χ2v) is 8.94. The number of rotatable bonds is 2. The van der Waals surface area contributed by atoms with Crippen LogP contribution in [0.15, 0.2) is 72.8 Å². The SMILES string of the molecule is Nc1ccc(N2C(=O)CC3(CC(=O)N(c4ccc(N)c5ccccc45)C3=O)C2=O)c2ccccc12. The van der Waals surface area contributed by atoms with Crippen molar-refractivity contribution in [3.05, 3.63) is 72.8 Å². The Hall–Kier alpha value is -4.72. The van der Waals surface area contributed by atoms with Crippen LogP contribution in [0.1, 0.15) is 12.8 Å². The molecule has 1 spiro atoms. The van der Waals surface area contributed by atoms with Gasteiger partial charge in [0, 0.05) is 32.9 Å². The maximum Gasteiger partial charge on any atom is 0.250 e. The normalized spacial score (nSPS) is 17.5. The number of carbonyl (C=O) groups excluding carboxylic acids is 4. The van der Waals surface area contributed by atoms with Gasteiger partial charge in [-0.3, -0.25) is 19.2 Å². The van der Waals surface area contributed by atoms with Crippen LogP contribution in [0.5, 0.6) is 0 Å². The topological polar surface area (TPSA) is 127 Å². The van der Waals surface area contributed by atoms with Gasteiger partial charge in [0.15, 0.2) is 0 Å².